The van der Waals surface area contributed by atoms with Gasteiger partial charge in [-0.25, -0.2) is 4.98 Å². The summed E-state index contributed by atoms with van der Waals surface area (Å²) in [5.41, 5.74) is 0.880. The Kier molecular flexibility index (Phi) is 5.32. The van der Waals surface area contributed by atoms with Gasteiger partial charge in [0.1, 0.15) is 23.5 Å². The van der Waals surface area contributed by atoms with Crippen molar-refractivity contribution < 1.29 is 14.4 Å². The van der Waals surface area contributed by atoms with Crippen molar-refractivity contribution in [2.75, 3.05) is 37.5 Å². The fourth-order valence-electron chi connectivity index (χ4n) is 2.91. The lowest BCUT2D eigenvalue weighted by Crippen LogP contribution is -2.26. The Balaban J connectivity index is 1.70. The molecular formula is C17H19ClN4O4. The molecule has 2 heterocycles. The maximum atomic E-state index is 10.8. The Morgan fingerprint density at radius 1 is 1.27 bits per heavy atom. The van der Waals surface area contributed by atoms with E-state index >= 15 is 0 Å². The lowest BCUT2D eigenvalue weighted by atomic mass is 10.2. The number of methoxy groups -OCH3 is 2. The topological polar surface area (TPSA) is 89.8 Å². The van der Waals surface area contributed by atoms with Crippen LogP contribution in [-0.4, -0.2) is 43.3 Å². The molecule has 0 amide bonds. The summed E-state index contributed by atoms with van der Waals surface area (Å²) in [5.74, 6) is 1.92. The first-order valence-electron chi connectivity index (χ1n) is 8.04. The van der Waals surface area contributed by atoms with Crippen LogP contribution in [0.4, 0.5) is 17.2 Å². The van der Waals surface area contributed by atoms with Gasteiger partial charge >= 0.3 is 0 Å². The molecule has 138 valence electrons. The van der Waals surface area contributed by atoms with Gasteiger partial charge in [-0.1, -0.05) is 11.6 Å². The van der Waals surface area contributed by atoms with E-state index in [1.165, 1.54) is 12.3 Å². The van der Waals surface area contributed by atoms with E-state index < -0.39 is 4.92 Å². The van der Waals surface area contributed by atoms with Gasteiger partial charge in [-0.3, -0.25) is 10.1 Å². The van der Waals surface area contributed by atoms with Gasteiger partial charge in [0.2, 0.25) is 0 Å². The van der Waals surface area contributed by atoms with Crippen LogP contribution in [0.3, 0.4) is 0 Å². The Bertz CT molecular complexity index is 795. The zero-order chi connectivity index (χ0) is 18.7. The van der Waals surface area contributed by atoms with Gasteiger partial charge in [0, 0.05) is 49.1 Å². The Hall–Kier alpha value is -2.74. The Morgan fingerprint density at radius 2 is 1.96 bits per heavy atom. The fraction of sp³-hybridized carbons (Fsp3) is 0.353. The minimum Gasteiger partial charge on any atom is -0.497 e. The number of anilines is 2. The van der Waals surface area contributed by atoms with Gasteiger partial charge in [0.15, 0.2) is 0 Å². The molecule has 1 N–H and O–H groups in total. The number of benzene rings is 1. The molecule has 0 bridgehead atoms. The van der Waals surface area contributed by atoms with Crippen LogP contribution in [0.15, 0.2) is 30.5 Å². The van der Waals surface area contributed by atoms with E-state index in [-0.39, 0.29) is 16.8 Å². The summed E-state index contributed by atoms with van der Waals surface area (Å²) >= 11 is 6.11. The highest BCUT2D eigenvalue weighted by atomic mass is 35.5. The maximum absolute atomic E-state index is 10.8. The molecule has 8 nitrogen and oxygen atoms in total. The number of halogens is 1. The fourth-order valence-corrected chi connectivity index (χ4v) is 3.13. The minimum absolute atomic E-state index is 0.124. The average molecular weight is 379 g/mol. The molecule has 1 unspecified atom stereocenters. The van der Waals surface area contributed by atoms with E-state index in [9.17, 15) is 10.1 Å². The van der Waals surface area contributed by atoms with Crippen molar-refractivity contribution in [1.29, 1.82) is 0 Å². The predicted octanol–water partition coefficient (Wildman–Crippen LogP) is 3.35. The third-order valence-corrected chi connectivity index (χ3v) is 4.56. The minimum atomic E-state index is -0.518. The molecule has 0 spiro atoms. The summed E-state index contributed by atoms with van der Waals surface area (Å²) in [7, 11) is 3.24. The number of aromatic nitrogens is 1. The summed E-state index contributed by atoms with van der Waals surface area (Å²) in [6, 6.07) is 7.18. The normalized spacial score (nSPS) is 16.4. The first kappa shape index (κ1) is 18.1. The third kappa shape index (κ3) is 3.91. The number of nitrogens with one attached hydrogen (secondary N) is 1. The van der Waals surface area contributed by atoms with Gasteiger partial charge < -0.3 is 19.7 Å². The highest BCUT2D eigenvalue weighted by Gasteiger charge is 2.25. The molecule has 9 heteroatoms. The van der Waals surface area contributed by atoms with Crippen molar-refractivity contribution >= 4 is 28.8 Å². The molecular weight excluding hydrogens is 360 g/mol. The van der Waals surface area contributed by atoms with Crippen LogP contribution < -0.4 is 19.7 Å². The average Bonchev–Trinajstić information content (AvgIpc) is 3.11. The lowest BCUT2D eigenvalue weighted by molar-refractivity contribution is -0.385. The molecule has 0 radical (unpaired) electrons. The van der Waals surface area contributed by atoms with E-state index in [0.717, 1.165) is 36.7 Å². The van der Waals surface area contributed by atoms with Crippen molar-refractivity contribution in [1.82, 2.24) is 4.98 Å². The van der Waals surface area contributed by atoms with E-state index in [2.05, 4.69) is 15.2 Å². The molecule has 1 saturated heterocycles. The second kappa shape index (κ2) is 7.65. The third-order valence-electron chi connectivity index (χ3n) is 4.27. The summed E-state index contributed by atoms with van der Waals surface area (Å²) < 4.78 is 10.6. The highest BCUT2D eigenvalue weighted by Crippen LogP contribution is 2.31. The van der Waals surface area contributed by atoms with Crippen molar-refractivity contribution in [3.8, 4) is 11.5 Å². The van der Waals surface area contributed by atoms with Gasteiger partial charge in [0.25, 0.3) is 5.69 Å². The molecule has 1 aromatic heterocycles. The van der Waals surface area contributed by atoms with Gasteiger partial charge in [-0.2, -0.15) is 0 Å². The van der Waals surface area contributed by atoms with E-state index in [1.54, 1.807) is 14.2 Å². The van der Waals surface area contributed by atoms with Crippen molar-refractivity contribution in [2.45, 2.75) is 12.5 Å². The summed E-state index contributed by atoms with van der Waals surface area (Å²) in [5, 5.41) is 14.3. The Labute approximate surface area is 155 Å². The van der Waals surface area contributed by atoms with Crippen LogP contribution in [0.25, 0.3) is 0 Å². The molecule has 2 aromatic rings. The molecule has 1 aromatic carbocycles. The van der Waals surface area contributed by atoms with Crippen LogP contribution >= 0.6 is 11.6 Å². The van der Waals surface area contributed by atoms with Gasteiger partial charge in [0.05, 0.1) is 24.2 Å². The molecule has 1 fully saturated rings. The molecule has 1 aliphatic rings. The summed E-state index contributed by atoms with van der Waals surface area (Å²) in [4.78, 5) is 16.5. The maximum Gasteiger partial charge on any atom is 0.289 e. The number of nitro groups is 1. The first-order valence-corrected chi connectivity index (χ1v) is 8.42. The van der Waals surface area contributed by atoms with Crippen molar-refractivity contribution in [3.63, 3.8) is 0 Å². The number of pyridine rings is 1. The zero-order valence-electron chi connectivity index (χ0n) is 14.4. The quantitative estimate of drug-likeness (QED) is 0.608. The molecule has 1 atom stereocenters. The highest BCUT2D eigenvalue weighted by molar-refractivity contribution is 6.33. The number of hydrogen-bond donors (Lipinski definition) is 1. The number of hydrogen-bond acceptors (Lipinski definition) is 7. The van der Waals surface area contributed by atoms with Crippen LogP contribution in [-0.2, 0) is 0 Å². The molecule has 26 heavy (non-hydrogen) atoms. The summed E-state index contributed by atoms with van der Waals surface area (Å²) in [6.07, 6.45) is 2.09. The SMILES string of the molecule is COc1cc(OC)cc(N2CCC(Nc3ncc([N+](=O)[O-])cc3Cl)C2)c1. The van der Waals surface area contributed by atoms with Crippen LogP contribution in [0.1, 0.15) is 6.42 Å². The van der Waals surface area contributed by atoms with E-state index in [4.69, 9.17) is 21.1 Å². The second-order valence-corrected chi connectivity index (χ2v) is 6.34. The predicted molar refractivity (Wildman–Crippen MR) is 99.7 cm³/mol. The van der Waals surface area contributed by atoms with Crippen LogP contribution in [0.2, 0.25) is 5.02 Å². The van der Waals surface area contributed by atoms with Gasteiger partial charge in [-0.15, -0.1) is 0 Å². The summed E-state index contributed by atoms with van der Waals surface area (Å²) in [6.45, 7) is 1.59. The second-order valence-electron chi connectivity index (χ2n) is 5.93. The molecule has 0 saturated carbocycles. The van der Waals surface area contributed by atoms with Crippen LogP contribution in [0, 0.1) is 10.1 Å². The monoisotopic (exact) mass is 378 g/mol. The van der Waals surface area contributed by atoms with Crippen molar-refractivity contribution in [2.24, 2.45) is 0 Å². The first-order chi connectivity index (χ1) is 12.5. The standard InChI is InChI=1S/C17H19ClN4O4/c1-25-14-5-12(6-15(8-14)26-2)21-4-3-11(10-21)20-17-16(18)7-13(9-19-17)22(23)24/h5-9,11H,3-4,10H2,1-2H3,(H,19,20). The van der Waals surface area contributed by atoms with Crippen LogP contribution in [0.5, 0.6) is 11.5 Å². The molecule has 0 aliphatic carbocycles. The molecule has 3 rings (SSSR count). The smallest absolute Gasteiger partial charge is 0.289 e. The Morgan fingerprint density at radius 3 is 2.54 bits per heavy atom. The van der Waals surface area contributed by atoms with E-state index in [0.29, 0.717) is 5.82 Å². The largest absolute Gasteiger partial charge is 0.497 e. The number of nitrogens with zero attached hydrogens (tertiary/aromatic N) is 3. The van der Waals surface area contributed by atoms with E-state index in [1.807, 2.05) is 18.2 Å². The lowest BCUT2D eigenvalue weighted by Gasteiger charge is -2.21. The zero-order valence-corrected chi connectivity index (χ0v) is 15.2. The van der Waals surface area contributed by atoms with Crippen molar-refractivity contribution in [3.05, 3.63) is 45.6 Å². The number of ether oxygens (including phenoxy) is 2. The van der Waals surface area contributed by atoms with Gasteiger partial charge in [-0.05, 0) is 6.42 Å². The molecule has 1 aliphatic heterocycles. The number of rotatable bonds is 6.